The summed E-state index contributed by atoms with van der Waals surface area (Å²) in [5, 5.41) is 2.88. The monoisotopic (exact) mass is 594 g/mol. The molecule has 1 aliphatic rings. The number of amidine groups is 1. The highest BCUT2D eigenvalue weighted by atomic mass is 35.5. The number of aliphatic imine (C=N–C) groups is 1. The molecule has 0 spiro atoms. The third-order valence-corrected chi connectivity index (χ3v) is 8.01. The molecule has 0 unspecified atom stereocenters. The van der Waals surface area contributed by atoms with Crippen LogP contribution in [-0.2, 0) is 25.9 Å². The number of carbonyl (C=O) groups excluding carboxylic acids is 2. The fourth-order valence-corrected chi connectivity index (χ4v) is 6.08. The van der Waals surface area contributed by atoms with Gasteiger partial charge in [-0.15, -0.1) is 0 Å². The van der Waals surface area contributed by atoms with Crippen molar-refractivity contribution in [3.8, 4) is 0 Å². The Kier molecular flexibility index (Phi) is 10.2. The number of hydrogen-bond acceptors (Lipinski definition) is 7. The topological polar surface area (TPSA) is 108 Å². The second-order valence-corrected chi connectivity index (χ2v) is 12.6. The van der Waals surface area contributed by atoms with Crippen LogP contribution in [0.5, 0.6) is 0 Å². The van der Waals surface area contributed by atoms with Crippen molar-refractivity contribution in [1.29, 1.82) is 0 Å². The first-order chi connectivity index (χ1) is 18.3. The van der Waals surface area contributed by atoms with Gasteiger partial charge in [-0.1, -0.05) is 59.6 Å². The first-order valence-electron chi connectivity index (χ1n) is 12.2. The Labute approximate surface area is 239 Å². The molecular weight excluding hydrogens is 563 g/mol. The van der Waals surface area contributed by atoms with Gasteiger partial charge in [-0.3, -0.25) is 20.0 Å². The number of ether oxygens (including phenoxy) is 1. The minimum absolute atomic E-state index is 0.0567. The Morgan fingerprint density at radius 2 is 1.77 bits per heavy atom. The van der Waals surface area contributed by atoms with Gasteiger partial charge in [0.05, 0.1) is 23.1 Å². The van der Waals surface area contributed by atoms with Crippen LogP contribution in [0, 0.1) is 0 Å². The molecule has 2 aromatic rings. The van der Waals surface area contributed by atoms with Gasteiger partial charge in [0.25, 0.3) is 0 Å². The van der Waals surface area contributed by atoms with Crippen LogP contribution in [-0.4, -0.2) is 74.2 Å². The van der Waals surface area contributed by atoms with Gasteiger partial charge in [0.1, 0.15) is 22.2 Å². The number of nitrogens with zero attached hydrogens (tertiary/aromatic N) is 3. The van der Waals surface area contributed by atoms with Crippen molar-refractivity contribution in [1.82, 2.24) is 15.1 Å². The summed E-state index contributed by atoms with van der Waals surface area (Å²) in [7, 11) is -2.08. The zero-order chi connectivity index (χ0) is 28.8. The molecule has 0 bridgehead atoms. The van der Waals surface area contributed by atoms with Crippen LogP contribution in [0.3, 0.4) is 0 Å². The summed E-state index contributed by atoms with van der Waals surface area (Å²) in [6.45, 7) is 6.95. The van der Waals surface area contributed by atoms with Crippen molar-refractivity contribution in [2.24, 2.45) is 4.99 Å². The van der Waals surface area contributed by atoms with Crippen LogP contribution >= 0.6 is 23.2 Å². The van der Waals surface area contributed by atoms with Crippen molar-refractivity contribution in [3.63, 3.8) is 0 Å². The third-order valence-electron chi connectivity index (χ3n) is 5.51. The van der Waals surface area contributed by atoms with E-state index < -0.39 is 21.5 Å². The third kappa shape index (κ3) is 8.53. The maximum atomic E-state index is 12.5. The van der Waals surface area contributed by atoms with Crippen molar-refractivity contribution in [2.45, 2.75) is 37.8 Å². The van der Waals surface area contributed by atoms with E-state index in [0.717, 1.165) is 11.1 Å². The van der Waals surface area contributed by atoms with E-state index in [1.54, 1.807) is 19.2 Å². The standard InChI is InChI=1S/C27H32Cl2N4O5S/c1-27(2,3)38-26(35)33-16-15-31-25(33)20-12-10-19(11-13-20)17-32(4)23(34)9-6-14-30-18-39(36,37)24-21(28)7-5-8-22(24)29/h5-13,30H,14-18H2,1-4H3/b9-6+. The SMILES string of the molecule is CN(Cc1ccc(C2=NCCN2C(=O)OC(C)(C)C)cc1)C(=O)/C=C/CNCS(=O)(=O)c1c(Cl)cccc1Cl. The summed E-state index contributed by atoms with van der Waals surface area (Å²) in [5.74, 6) is -0.0583. The fourth-order valence-electron chi connectivity index (χ4n) is 3.72. The largest absolute Gasteiger partial charge is 0.443 e. The molecule has 210 valence electrons. The Bertz CT molecular complexity index is 1350. The Morgan fingerprint density at radius 3 is 2.38 bits per heavy atom. The van der Waals surface area contributed by atoms with Crippen molar-refractivity contribution in [3.05, 3.63) is 75.8 Å². The molecule has 39 heavy (non-hydrogen) atoms. The molecule has 0 aromatic heterocycles. The zero-order valence-electron chi connectivity index (χ0n) is 22.3. The maximum absolute atomic E-state index is 12.5. The van der Waals surface area contributed by atoms with Crippen LogP contribution < -0.4 is 5.32 Å². The maximum Gasteiger partial charge on any atom is 0.416 e. The second-order valence-electron chi connectivity index (χ2n) is 9.89. The molecule has 0 atom stereocenters. The van der Waals surface area contributed by atoms with E-state index in [-0.39, 0.29) is 33.3 Å². The molecule has 2 amide bonds. The Balaban J connectivity index is 1.50. The van der Waals surface area contributed by atoms with Gasteiger partial charge >= 0.3 is 6.09 Å². The molecule has 0 fully saturated rings. The smallest absolute Gasteiger partial charge is 0.416 e. The van der Waals surface area contributed by atoms with E-state index >= 15 is 0 Å². The van der Waals surface area contributed by atoms with Crippen molar-refractivity contribution >= 4 is 50.9 Å². The highest BCUT2D eigenvalue weighted by Crippen LogP contribution is 2.29. The second kappa shape index (κ2) is 13.0. The van der Waals surface area contributed by atoms with E-state index in [2.05, 4.69) is 10.3 Å². The molecule has 1 aliphatic heterocycles. The molecule has 0 aliphatic carbocycles. The van der Waals surface area contributed by atoms with E-state index in [0.29, 0.717) is 25.5 Å². The molecule has 1 heterocycles. The van der Waals surface area contributed by atoms with Gasteiger partial charge in [0.15, 0.2) is 9.84 Å². The molecule has 1 N–H and O–H groups in total. The lowest BCUT2D eigenvalue weighted by molar-refractivity contribution is -0.125. The minimum Gasteiger partial charge on any atom is -0.443 e. The normalized spacial score (nSPS) is 14.0. The molecule has 0 radical (unpaired) electrons. The molecule has 2 aromatic carbocycles. The summed E-state index contributed by atoms with van der Waals surface area (Å²) < 4.78 is 30.5. The lowest BCUT2D eigenvalue weighted by atomic mass is 10.1. The van der Waals surface area contributed by atoms with Gasteiger partial charge in [0, 0.05) is 31.8 Å². The quantitative estimate of drug-likeness (QED) is 0.337. The van der Waals surface area contributed by atoms with Gasteiger partial charge < -0.3 is 9.64 Å². The minimum atomic E-state index is -3.75. The van der Waals surface area contributed by atoms with E-state index in [4.69, 9.17) is 27.9 Å². The van der Waals surface area contributed by atoms with E-state index in [1.807, 2.05) is 45.0 Å². The summed E-state index contributed by atoms with van der Waals surface area (Å²) >= 11 is 12.0. The number of rotatable bonds is 9. The molecule has 12 heteroatoms. The lowest BCUT2D eigenvalue weighted by Gasteiger charge is -2.25. The summed E-state index contributed by atoms with van der Waals surface area (Å²) in [4.78, 5) is 32.4. The van der Waals surface area contributed by atoms with Crippen LogP contribution in [0.2, 0.25) is 10.0 Å². The summed E-state index contributed by atoms with van der Waals surface area (Å²) in [5.41, 5.74) is 1.08. The highest BCUT2D eigenvalue weighted by molar-refractivity contribution is 7.91. The van der Waals surface area contributed by atoms with Crippen LogP contribution in [0.4, 0.5) is 4.79 Å². The first kappa shape index (κ1) is 30.6. The number of likely N-dealkylation sites (N-methyl/N-ethyl adjacent to an activating group) is 1. The zero-order valence-corrected chi connectivity index (χ0v) is 24.6. The van der Waals surface area contributed by atoms with E-state index in [1.165, 1.54) is 28.0 Å². The number of amides is 2. The number of nitrogens with one attached hydrogen (secondary N) is 1. The Morgan fingerprint density at radius 1 is 1.13 bits per heavy atom. The number of hydrogen-bond donors (Lipinski definition) is 1. The first-order valence-corrected chi connectivity index (χ1v) is 14.6. The molecule has 3 rings (SSSR count). The number of carbonyl (C=O) groups is 2. The summed E-state index contributed by atoms with van der Waals surface area (Å²) in [6, 6.07) is 12.0. The highest BCUT2D eigenvalue weighted by Gasteiger charge is 2.29. The molecule has 0 saturated carbocycles. The van der Waals surface area contributed by atoms with E-state index in [9.17, 15) is 18.0 Å². The van der Waals surface area contributed by atoms with Crippen LogP contribution in [0.1, 0.15) is 31.9 Å². The lowest BCUT2D eigenvalue weighted by Crippen LogP contribution is -2.39. The predicted octanol–water partition coefficient (Wildman–Crippen LogP) is 4.53. The van der Waals surface area contributed by atoms with Gasteiger partial charge in [-0.2, -0.15) is 0 Å². The number of sulfone groups is 1. The van der Waals surface area contributed by atoms with Gasteiger partial charge in [0.2, 0.25) is 5.91 Å². The molecular formula is C27H32Cl2N4O5S. The fraction of sp³-hybridized carbons (Fsp3) is 0.370. The van der Waals surface area contributed by atoms with Gasteiger partial charge in [-0.05, 0) is 38.5 Å². The summed E-state index contributed by atoms with van der Waals surface area (Å²) in [6.07, 6.45) is 2.50. The molecule has 9 nitrogen and oxygen atoms in total. The Hall–Kier alpha value is -2.92. The van der Waals surface area contributed by atoms with Crippen molar-refractivity contribution < 1.29 is 22.7 Å². The van der Waals surface area contributed by atoms with Crippen LogP contribution in [0.25, 0.3) is 0 Å². The number of halogens is 2. The van der Waals surface area contributed by atoms with Crippen LogP contribution in [0.15, 0.2) is 64.5 Å². The van der Waals surface area contributed by atoms with Gasteiger partial charge in [-0.25, -0.2) is 13.2 Å². The molecule has 0 saturated heterocycles. The average molecular weight is 596 g/mol. The average Bonchev–Trinajstić information content (AvgIpc) is 3.33. The van der Waals surface area contributed by atoms with Crippen molar-refractivity contribution in [2.75, 3.05) is 32.6 Å². The number of benzene rings is 2. The predicted molar refractivity (Wildman–Crippen MR) is 153 cm³/mol.